The average molecular weight is 249 g/mol. The maximum Gasteiger partial charge on any atom is 0.108 e. The first-order valence-corrected chi connectivity index (χ1v) is 7.55. The molecule has 2 nitrogen and oxygen atoms in total. The van der Waals surface area contributed by atoms with Crippen LogP contribution in [0.15, 0.2) is 16.7 Å². The lowest BCUT2D eigenvalue weighted by Gasteiger charge is -2.33. The van der Waals surface area contributed by atoms with Crippen molar-refractivity contribution in [1.82, 2.24) is 5.32 Å². The van der Waals surface area contributed by atoms with Crippen molar-refractivity contribution in [3.8, 4) is 0 Å². The number of nitrogens with one attached hydrogen (secondary N) is 1. The molecule has 1 atom stereocenters. The number of furan rings is 1. The Labute approximate surface area is 111 Å². The molecule has 1 aliphatic carbocycles. The molecule has 1 aromatic rings. The molecule has 1 aromatic heterocycles. The third-order valence-corrected chi connectivity index (χ3v) is 4.39. The van der Waals surface area contributed by atoms with E-state index in [9.17, 15) is 0 Å². The SMILES string of the molecule is CCNC(c1ccoc1CC)C1CCC(C)CC1. The Bertz CT molecular complexity index is 350. The largest absolute Gasteiger partial charge is 0.469 e. The lowest BCUT2D eigenvalue weighted by molar-refractivity contribution is 0.231. The van der Waals surface area contributed by atoms with Gasteiger partial charge >= 0.3 is 0 Å². The quantitative estimate of drug-likeness (QED) is 0.840. The number of rotatable bonds is 5. The molecule has 1 fully saturated rings. The average Bonchev–Trinajstić information content (AvgIpc) is 2.85. The molecular formula is C16H27NO. The minimum Gasteiger partial charge on any atom is -0.469 e. The van der Waals surface area contributed by atoms with Crippen molar-refractivity contribution in [2.45, 2.75) is 58.9 Å². The summed E-state index contributed by atoms with van der Waals surface area (Å²) in [5.74, 6) is 2.86. The van der Waals surface area contributed by atoms with Gasteiger partial charge in [0.25, 0.3) is 0 Å². The van der Waals surface area contributed by atoms with Crippen LogP contribution >= 0.6 is 0 Å². The van der Waals surface area contributed by atoms with Crippen LogP contribution in [0.2, 0.25) is 0 Å². The molecule has 2 heteroatoms. The van der Waals surface area contributed by atoms with E-state index in [0.29, 0.717) is 6.04 Å². The molecule has 2 rings (SSSR count). The summed E-state index contributed by atoms with van der Waals surface area (Å²) in [6.45, 7) is 7.79. The highest BCUT2D eigenvalue weighted by molar-refractivity contribution is 5.22. The van der Waals surface area contributed by atoms with E-state index in [2.05, 4.69) is 32.2 Å². The fraction of sp³-hybridized carbons (Fsp3) is 0.750. The predicted octanol–water partition coefficient (Wildman–Crippen LogP) is 4.32. The minimum absolute atomic E-state index is 0.496. The highest BCUT2D eigenvalue weighted by atomic mass is 16.3. The van der Waals surface area contributed by atoms with Crippen molar-refractivity contribution < 1.29 is 4.42 Å². The third-order valence-electron chi connectivity index (χ3n) is 4.39. The molecule has 0 aliphatic heterocycles. The number of hydrogen-bond donors (Lipinski definition) is 1. The molecule has 1 unspecified atom stereocenters. The molecule has 0 spiro atoms. The zero-order valence-corrected chi connectivity index (χ0v) is 12.0. The van der Waals surface area contributed by atoms with Crippen molar-refractivity contribution in [2.75, 3.05) is 6.54 Å². The van der Waals surface area contributed by atoms with Crippen molar-refractivity contribution in [2.24, 2.45) is 11.8 Å². The van der Waals surface area contributed by atoms with Crippen LogP contribution in [-0.2, 0) is 6.42 Å². The molecule has 1 aliphatic rings. The lowest BCUT2D eigenvalue weighted by Crippen LogP contribution is -2.31. The smallest absolute Gasteiger partial charge is 0.108 e. The standard InChI is InChI=1S/C16H27NO/c1-4-15-14(10-11-18-15)16(17-5-2)13-8-6-12(3)7-9-13/h10-13,16-17H,4-9H2,1-3H3. The predicted molar refractivity (Wildman–Crippen MR) is 75.6 cm³/mol. The van der Waals surface area contributed by atoms with Crippen molar-refractivity contribution in [1.29, 1.82) is 0 Å². The Morgan fingerprint density at radius 3 is 2.61 bits per heavy atom. The highest BCUT2D eigenvalue weighted by Gasteiger charge is 2.28. The molecule has 0 bridgehead atoms. The van der Waals surface area contributed by atoms with E-state index in [0.717, 1.165) is 24.8 Å². The highest BCUT2D eigenvalue weighted by Crippen LogP contribution is 2.38. The molecular weight excluding hydrogens is 222 g/mol. The Morgan fingerprint density at radius 1 is 1.28 bits per heavy atom. The van der Waals surface area contributed by atoms with Gasteiger partial charge in [0.2, 0.25) is 0 Å². The summed E-state index contributed by atoms with van der Waals surface area (Å²) < 4.78 is 5.61. The molecule has 0 radical (unpaired) electrons. The summed E-state index contributed by atoms with van der Waals surface area (Å²) >= 11 is 0. The second-order valence-corrected chi connectivity index (χ2v) is 5.71. The van der Waals surface area contributed by atoms with Crippen LogP contribution in [0.5, 0.6) is 0 Å². The van der Waals surface area contributed by atoms with Crippen molar-refractivity contribution in [3.05, 3.63) is 23.7 Å². The maximum absolute atomic E-state index is 5.61. The van der Waals surface area contributed by atoms with E-state index in [-0.39, 0.29) is 0 Å². The van der Waals surface area contributed by atoms with Gasteiger partial charge < -0.3 is 9.73 Å². The molecule has 1 N–H and O–H groups in total. The van der Waals surface area contributed by atoms with E-state index >= 15 is 0 Å². The third kappa shape index (κ3) is 2.97. The van der Waals surface area contributed by atoms with Crippen molar-refractivity contribution >= 4 is 0 Å². The summed E-state index contributed by atoms with van der Waals surface area (Å²) in [4.78, 5) is 0. The Morgan fingerprint density at radius 2 is 2.00 bits per heavy atom. The van der Waals surface area contributed by atoms with Gasteiger partial charge in [-0.25, -0.2) is 0 Å². The summed E-state index contributed by atoms with van der Waals surface area (Å²) in [5.41, 5.74) is 1.40. The molecule has 102 valence electrons. The first-order valence-electron chi connectivity index (χ1n) is 7.55. The molecule has 0 saturated heterocycles. The first-order chi connectivity index (χ1) is 8.76. The maximum atomic E-state index is 5.61. The van der Waals surface area contributed by atoms with E-state index in [1.54, 1.807) is 0 Å². The molecule has 1 heterocycles. The molecule has 1 saturated carbocycles. The van der Waals surface area contributed by atoms with E-state index in [1.165, 1.54) is 37.0 Å². The summed E-state index contributed by atoms with van der Waals surface area (Å²) in [6.07, 6.45) is 8.31. The van der Waals surface area contributed by atoms with Gasteiger partial charge in [0.15, 0.2) is 0 Å². The normalized spacial score (nSPS) is 26.2. The lowest BCUT2D eigenvalue weighted by atomic mass is 9.77. The van der Waals surface area contributed by atoms with Gasteiger partial charge in [-0.3, -0.25) is 0 Å². The topological polar surface area (TPSA) is 25.2 Å². The van der Waals surface area contributed by atoms with E-state index in [1.807, 2.05) is 6.26 Å². The van der Waals surface area contributed by atoms with Crippen LogP contribution in [0.3, 0.4) is 0 Å². The van der Waals surface area contributed by atoms with Gasteiger partial charge in [-0.2, -0.15) is 0 Å². The minimum atomic E-state index is 0.496. The van der Waals surface area contributed by atoms with Gasteiger partial charge in [-0.05, 0) is 37.3 Å². The van der Waals surface area contributed by atoms with Crippen LogP contribution in [0.1, 0.15) is 63.8 Å². The van der Waals surface area contributed by atoms with Gasteiger partial charge in [0, 0.05) is 18.0 Å². The van der Waals surface area contributed by atoms with Crippen LogP contribution < -0.4 is 5.32 Å². The molecule has 0 amide bonds. The fourth-order valence-electron chi connectivity index (χ4n) is 3.28. The number of hydrogen-bond acceptors (Lipinski definition) is 2. The zero-order chi connectivity index (χ0) is 13.0. The Kier molecular flexibility index (Phi) is 4.87. The van der Waals surface area contributed by atoms with Crippen molar-refractivity contribution in [3.63, 3.8) is 0 Å². The summed E-state index contributed by atoms with van der Waals surface area (Å²) in [6, 6.07) is 2.67. The van der Waals surface area contributed by atoms with Crippen LogP contribution in [-0.4, -0.2) is 6.54 Å². The first kappa shape index (κ1) is 13.7. The van der Waals surface area contributed by atoms with Crippen LogP contribution in [0, 0.1) is 11.8 Å². The van der Waals surface area contributed by atoms with Crippen LogP contribution in [0.25, 0.3) is 0 Å². The van der Waals surface area contributed by atoms with E-state index in [4.69, 9.17) is 4.42 Å². The van der Waals surface area contributed by atoms with Gasteiger partial charge in [-0.15, -0.1) is 0 Å². The zero-order valence-electron chi connectivity index (χ0n) is 12.0. The summed E-state index contributed by atoms with van der Waals surface area (Å²) in [5, 5.41) is 3.68. The second-order valence-electron chi connectivity index (χ2n) is 5.71. The Hall–Kier alpha value is -0.760. The van der Waals surface area contributed by atoms with Gasteiger partial charge in [0.1, 0.15) is 5.76 Å². The fourth-order valence-corrected chi connectivity index (χ4v) is 3.28. The molecule has 0 aromatic carbocycles. The van der Waals surface area contributed by atoms with E-state index < -0.39 is 0 Å². The summed E-state index contributed by atoms with van der Waals surface area (Å²) in [7, 11) is 0. The molecule has 18 heavy (non-hydrogen) atoms. The monoisotopic (exact) mass is 249 g/mol. The number of aryl methyl sites for hydroxylation is 1. The van der Waals surface area contributed by atoms with Gasteiger partial charge in [-0.1, -0.05) is 33.6 Å². The second kappa shape index (κ2) is 6.42. The Balaban J connectivity index is 2.12. The van der Waals surface area contributed by atoms with Gasteiger partial charge in [0.05, 0.1) is 6.26 Å². The van der Waals surface area contributed by atoms with Crippen LogP contribution in [0.4, 0.5) is 0 Å².